The lowest BCUT2D eigenvalue weighted by Gasteiger charge is -2.62. The maximum absolute atomic E-state index is 13.6. The molecule has 0 heterocycles. The number of rotatable bonds is 10. The van der Waals surface area contributed by atoms with Gasteiger partial charge >= 0.3 is 0 Å². The Bertz CT molecular complexity index is 904. The van der Waals surface area contributed by atoms with Crippen LogP contribution < -0.4 is 0 Å². The minimum atomic E-state index is -0.564. The van der Waals surface area contributed by atoms with Crippen LogP contribution in [0.3, 0.4) is 0 Å². The van der Waals surface area contributed by atoms with Crippen molar-refractivity contribution < 1.29 is 28.5 Å². The summed E-state index contributed by atoms with van der Waals surface area (Å²) in [6.45, 7) is 9.73. The number of methoxy groups -OCH3 is 1. The maximum atomic E-state index is 13.6. The first kappa shape index (κ1) is 27.4. The number of ketones is 1. The Morgan fingerprint density at radius 3 is 2.50 bits per heavy atom. The average Bonchev–Trinajstić information content (AvgIpc) is 3.24. The van der Waals surface area contributed by atoms with E-state index in [0.29, 0.717) is 19.4 Å². The zero-order valence-corrected chi connectivity index (χ0v) is 22.7. The molecule has 200 valence electrons. The Morgan fingerprint density at radius 2 is 1.83 bits per heavy atom. The Kier molecular flexibility index (Phi) is 8.40. The van der Waals surface area contributed by atoms with Gasteiger partial charge in [0, 0.05) is 30.8 Å². The van der Waals surface area contributed by atoms with Crippen LogP contribution in [-0.4, -0.2) is 45.0 Å². The van der Waals surface area contributed by atoms with Crippen LogP contribution in [0.1, 0.15) is 71.8 Å². The van der Waals surface area contributed by atoms with E-state index >= 15 is 0 Å². The van der Waals surface area contributed by atoms with Crippen molar-refractivity contribution in [3.63, 3.8) is 0 Å². The van der Waals surface area contributed by atoms with Gasteiger partial charge in [-0.1, -0.05) is 58.0 Å². The van der Waals surface area contributed by atoms with Crippen LogP contribution in [0, 0.1) is 34.0 Å². The highest BCUT2D eigenvalue weighted by Gasteiger charge is 2.68. The summed E-state index contributed by atoms with van der Waals surface area (Å²) in [7, 11) is 1.62. The van der Waals surface area contributed by atoms with Gasteiger partial charge in [0.05, 0.1) is 18.8 Å². The van der Waals surface area contributed by atoms with Crippen molar-refractivity contribution in [2.45, 2.75) is 85.0 Å². The second kappa shape index (κ2) is 11.0. The maximum Gasteiger partial charge on any atom is 0.147 e. The lowest BCUT2D eigenvalue weighted by Crippen LogP contribution is -2.64. The summed E-state index contributed by atoms with van der Waals surface area (Å²) in [6, 6.07) is 10.1. The number of hydrogen-bond acceptors (Lipinski definition) is 6. The van der Waals surface area contributed by atoms with Gasteiger partial charge in [0.1, 0.15) is 25.7 Å². The van der Waals surface area contributed by atoms with Crippen LogP contribution in [0.2, 0.25) is 0 Å². The highest BCUT2D eigenvalue weighted by atomic mass is 16.7. The first-order valence-electron chi connectivity index (χ1n) is 13.6. The SMILES string of the molecule is CC[C@]1(C)C[C@@H](OCOC)[C@@]2(C)C3C(=O)CC[C@@]3(CC[C@H]2C=O)[C@@H](C)[C@@H]1OCOCc1ccccc1. The molecule has 1 aromatic rings. The minimum absolute atomic E-state index is 0.0994. The van der Waals surface area contributed by atoms with Crippen molar-refractivity contribution in [1.82, 2.24) is 0 Å². The molecular formula is C30H44O6. The molecule has 6 heteroatoms. The van der Waals surface area contributed by atoms with E-state index in [9.17, 15) is 9.59 Å². The molecule has 3 aliphatic rings. The Balaban J connectivity index is 1.69. The molecule has 0 amide bonds. The van der Waals surface area contributed by atoms with Gasteiger partial charge in [0.15, 0.2) is 0 Å². The molecule has 2 bridgehead atoms. The van der Waals surface area contributed by atoms with E-state index in [1.807, 2.05) is 30.3 Å². The van der Waals surface area contributed by atoms with E-state index in [4.69, 9.17) is 18.9 Å². The molecule has 0 radical (unpaired) electrons. The summed E-state index contributed by atoms with van der Waals surface area (Å²) < 4.78 is 24.3. The van der Waals surface area contributed by atoms with Crippen molar-refractivity contribution in [3.05, 3.63) is 35.9 Å². The second-order valence-corrected chi connectivity index (χ2v) is 11.9. The molecule has 0 aromatic heterocycles. The van der Waals surface area contributed by atoms with Crippen LogP contribution in [0.15, 0.2) is 30.3 Å². The molecule has 1 aromatic carbocycles. The van der Waals surface area contributed by atoms with Gasteiger partial charge in [0.25, 0.3) is 0 Å². The Hall–Kier alpha value is -1.60. The van der Waals surface area contributed by atoms with Crippen molar-refractivity contribution >= 4 is 12.1 Å². The van der Waals surface area contributed by atoms with Gasteiger partial charge in [-0.25, -0.2) is 0 Å². The topological polar surface area (TPSA) is 71.1 Å². The van der Waals surface area contributed by atoms with E-state index < -0.39 is 5.41 Å². The predicted octanol–water partition coefficient (Wildman–Crippen LogP) is 5.57. The van der Waals surface area contributed by atoms with Gasteiger partial charge in [-0.05, 0) is 54.4 Å². The van der Waals surface area contributed by atoms with Crippen molar-refractivity contribution in [2.24, 2.45) is 34.0 Å². The van der Waals surface area contributed by atoms with Crippen LogP contribution in [0.25, 0.3) is 0 Å². The molecule has 0 saturated heterocycles. The molecule has 8 atom stereocenters. The smallest absolute Gasteiger partial charge is 0.147 e. The quantitative estimate of drug-likeness (QED) is 0.238. The largest absolute Gasteiger partial charge is 0.359 e. The summed E-state index contributed by atoms with van der Waals surface area (Å²) in [5.41, 5.74) is 0.122. The van der Waals surface area contributed by atoms with Crippen molar-refractivity contribution in [3.8, 4) is 0 Å². The van der Waals surface area contributed by atoms with Gasteiger partial charge in [0.2, 0.25) is 0 Å². The highest BCUT2D eigenvalue weighted by molar-refractivity contribution is 5.86. The summed E-state index contributed by atoms with van der Waals surface area (Å²) in [6.07, 6.45) is 5.34. The van der Waals surface area contributed by atoms with Crippen molar-refractivity contribution in [1.29, 1.82) is 0 Å². The van der Waals surface area contributed by atoms with E-state index in [2.05, 4.69) is 27.7 Å². The number of hydrogen-bond donors (Lipinski definition) is 0. The van der Waals surface area contributed by atoms with E-state index in [1.165, 1.54) is 0 Å². The third kappa shape index (κ3) is 4.59. The number of ether oxygens (including phenoxy) is 4. The molecule has 0 N–H and O–H groups in total. The van der Waals surface area contributed by atoms with Gasteiger partial charge < -0.3 is 23.7 Å². The van der Waals surface area contributed by atoms with E-state index in [0.717, 1.165) is 37.5 Å². The predicted molar refractivity (Wildman–Crippen MR) is 137 cm³/mol. The number of benzene rings is 1. The fourth-order valence-corrected chi connectivity index (χ4v) is 8.11. The average molecular weight is 501 g/mol. The minimum Gasteiger partial charge on any atom is -0.359 e. The molecule has 3 fully saturated rings. The standard InChI is InChI=1S/C30H44O6/c1-6-28(3)16-25(35-19-33-5)29(4)23(17-31)12-14-30(15-13-24(32)26(29)30)21(2)27(28)36-20-34-18-22-10-8-7-9-11-22/h7-11,17,21,23,25-27H,6,12-16,18-20H2,1-5H3/t21-,23-,25+,26?,27-,28+,29-,30-/m0/s1. The molecule has 0 spiro atoms. The monoisotopic (exact) mass is 500 g/mol. The number of carbonyl (C=O) groups is 2. The van der Waals surface area contributed by atoms with Gasteiger partial charge in [-0.3, -0.25) is 4.79 Å². The normalized spacial score (nSPS) is 40.4. The van der Waals surface area contributed by atoms with Crippen LogP contribution in [0.4, 0.5) is 0 Å². The fourth-order valence-electron chi connectivity index (χ4n) is 8.11. The molecule has 4 rings (SSSR count). The summed E-state index contributed by atoms with van der Waals surface area (Å²) in [5, 5.41) is 0. The number of carbonyl (C=O) groups excluding carboxylic acids is 2. The van der Waals surface area contributed by atoms with Crippen LogP contribution in [0.5, 0.6) is 0 Å². The first-order chi connectivity index (χ1) is 17.3. The molecule has 36 heavy (non-hydrogen) atoms. The zero-order chi connectivity index (χ0) is 26.0. The molecule has 3 aliphatic carbocycles. The highest BCUT2D eigenvalue weighted by Crippen LogP contribution is 2.68. The van der Waals surface area contributed by atoms with Crippen LogP contribution >= 0.6 is 0 Å². The molecule has 1 unspecified atom stereocenters. The molecular weight excluding hydrogens is 456 g/mol. The fraction of sp³-hybridized carbons (Fsp3) is 0.733. The summed E-state index contributed by atoms with van der Waals surface area (Å²) >= 11 is 0. The summed E-state index contributed by atoms with van der Waals surface area (Å²) in [5.74, 6) is -0.00122. The number of Topliss-reactive ketones (excluding diaryl/α,β-unsaturated/α-hetero) is 1. The third-order valence-electron chi connectivity index (χ3n) is 10.3. The Morgan fingerprint density at radius 1 is 1.08 bits per heavy atom. The molecule has 6 nitrogen and oxygen atoms in total. The number of aldehydes is 1. The third-order valence-corrected chi connectivity index (χ3v) is 10.3. The molecule has 3 saturated carbocycles. The van der Waals surface area contributed by atoms with E-state index in [-0.39, 0.29) is 60.2 Å². The lowest BCUT2D eigenvalue weighted by molar-refractivity contribution is -0.242. The Labute approximate surface area is 216 Å². The van der Waals surface area contributed by atoms with Crippen molar-refractivity contribution in [2.75, 3.05) is 20.7 Å². The second-order valence-electron chi connectivity index (χ2n) is 11.9. The molecule has 0 aliphatic heterocycles. The lowest BCUT2D eigenvalue weighted by atomic mass is 9.43. The first-order valence-corrected chi connectivity index (χ1v) is 13.6. The summed E-state index contributed by atoms with van der Waals surface area (Å²) in [4.78, 5) is 26.0. The zero-order valence-electron chi connectivity index (χ0n) is 22.7. The van der Waals surface area contributed by atoms with Gasteiger partial charge in [-0.2, -0.15) is 0 Å². The van der Waals surface area contributed by atoms with Crippen LogP contribution in [-0.2, 0) is 35.1 Å². The van der Waals surface area contributed by atoms with E-state index in [1.54, 1.807) is 7.11 Å². The van der Waals surface area contributed by atoms with Gasteiger partial charge in [-0.15, -0.1) is 0 Å².